The largest absolute Gasteiger partial charge is 0.497 e. The number of rotatable bonds is 4. The Kier molecular flexibility index (Phi) is 4.30. The van der Waals surface area contributed by atoms with Gasteiger partial charge >= 0.3 is 5.97 Å². The summed E-state index contributed by atoms with van der Waals surface area (Å²) in [6, 6.07) is 12.0. The lowest BCUT2D eigenvalue weighted by atomic mass is 10.1. The molecule has 6 heteroatoms. The number of nitrogens with two attached hydrogens (primary N) is 2. The molecular weight excluding hydrogens is 270 g/mol. The van der Waals surface area contributed by atoms with E-state index in [0.29, 0.717) is 16.9 Å². The third kappa shape index (κ3) is 3.06. The fourth-order valence-corrected chi connectivity index (χ4v) is 1.90. The number of nitrogen functional groups attached to an aromatic ring is 1. The van der Waals surface area contributed by atoms with Gasteiger partial charge in [-0.15, -0.1) is 0 Å². The van der Waals surface area contributed by atoms with Crippen molar-refractivity contribution in [3.63, 3.8) is 0 Å². The molecule has 2 rings (SSSR count). The molecule has 0 aliphatic heterocycles. The monoisotopic (exact) mass is 287 g/mol. The summed E-state index contributed by atoms with van der Waals surface area (Å²) in [4.78, 5) is 11.5. The maximum Gasteiger partial charge on any atom is 0.337 e. The van der Waals surface area contributed by atoms with Gasteiger partial charge in [0.1, 0.15) is 5.75 Å². The number of carbonyl (C=O) groups excluding carboxylic acids is 1. The van der Waals surface area contributed by atoms with Gasteiger partial charge in [0.2, 0.25) is 0 Å². The van der Waals surface area contributed by atoms with Gasteiger partial charge in [-0.05, 0) is 42.5 Å². The molecule has 0 aromatic heterocycles. The first kappa shape index (κ1) is 14.7. The number of hydrogen-bond donors (Lipinski definition) is 2. The summed E-state index contributed by atoms with van der Waals surface area (Å²) in [5.41, 5.74) is 8.05. The van der Waals surface area contributed by atoms with Crippen molar-refractivity contribution >= 4 is 23.0 Å². The molecule has 0 spiro atoms. The zero-order valence-electron chi connectivity index (χ0n) is 11.9. The van der Waals surface area contributed by atoms with Crippen molar-refractivity contribution in [2.75, 3.05) is 25.0 Å². The summed E-state index contributed by atoms with van der Waals surface area (Å²) in [5, 5.41) is 1.44. The Morgan fingerprint density at radius 1 is 1.10 bits per heavy atom. The van der Waals surface area contributed by atoms with Crippen molar-refractivity contribution < 1.29 is 14.3 Å². The standard InChI is InChI=1S/C15H17N3O3/c1-20-12-6-4-11(5-7-12)18(17)14-8-3-10(9-13(14)16)15(19)21-2/h3-9H,16-17H2,1-2H3. The van der Waals surface area contributed by atoms with Crippen molar-refractivity contribution in [3.05, 3.63) is 48.0 Å². The number of ether oxygens (including phenoxy) is 2. The lowest BCUT2D eigenvalue weighted by molar-refractivity contribution is 0.0601. The molecule has 21 heavy (non-hydrogen) atoms. The van der Waals surface area contributed by atoms with E-state index in [4.69, 9.17) is 16.3 Å². The lowest BCUT2D eigenvalue weighted by Crippen LogP contribution is -2.26. The van der Waals surface area contributed by atoms with Crippen LogP contribution in [-0.4, -0.2) is 20.2 Å². The predicted octanol–water partition coefficient (Wildman–Crippen LogP) is 2.08. The van der Waals surface area contributed by atoms with E-state index in [2.05, 4.69) is 4.74 Å². The van der Waals surface area contributed by atoms with Gasteiger partial charge in [-0.3, -0.25) is 5.01 Å². The van der Waals surface area contributed by atoms with Crippen LogP contribution in [-0.2, 0) is 4.74 Å². The summed E-state index contributed by atoms with van der Waals surface area (Å²) in [6.45, 7) is 0. The van der Waals surface area contributed by atoms with Crippen LogP contribution in [0, 0.1) is 0 Å². The third-order valence-corrected chi connectivity index (χ3v) is 3.06. The average molecular weight is 287 g/mol. The van der Waals surface area contributed by atoms with Crippen LogP contribution in [0.25, 0.3) is 0 Å². The summed E-state index contributed by atoms with van der Waals surface area (Å²) >= 11 is 0. The number of hydrogen-bond acceptors (Lipinski definition) is 6. The van der Waals surface area contributed by atoms with E-state index in [-0.39, 0.29) is 0 Å². The average Bonchev–Trinajstić information content (AvgIpc) is 2.53. The lowest BCUT2D eigenvalue weighted by Gasteiger charge is -2.21. The van der Waals surface area contributed by atoms with Crippen molar-refractivity contribution in [2.45, 2.75) is 0 Å². The van der Waals surface area contributed by atoms with E-state index in [0.717, 1.165) is 11.4 Å². The summed E-state index contributed by atoms with van der Waals surface area (Å²) in [6.07, 6.45) is 0. The van der Waals surface area contributed by atoms with Crippen molar-refractivity contribution in [3.8, 4) is 5.75 Å². The first-order chi connectivity index (χ1) is 10.1. The Morgan fingerprint density at radius 2 is 1.76 bits per heavy atom. The molecule has 0 aliphatic carbocycles. The number of benzene rings is 2. The van der Waals surface area contributed by atoms with E-state index < -0.39 is 5.97 Å². The smallest absolute Gasteiger partial charge is 0.337 e. The SMILES string of the molecule is COC(=O)c1ccc(N(N)c2ccc(OC)cc2)c(N)c1. The van der Waals surface area contributed by atoms with E-state index in [1.807, 2.05) is 12.1 Å². The number of esters is 1. The Morgan fingerprint density at radius 3 is 2.29 bits per heavy atom. The van der Waals surface area contributed by atoms with Gasteiger partial charge in [0.25, 0.3) is 0 Å². The quantitative estimate of drug-likeness (QED) is 0.387. The fraction of sp³-hybridized carbons (Fsp3) is 0.133. The van der Waals surface area contributed by atoms with Crippen LogP contribution >= 0.6 is 0 Å². The maximum atomic E-state index is 11.5. The van der Waals surface area contributed by atoms with Gasteiger partial charge < -0.3 is 15.2 Å². The molecule has 0 fully saturated rings. The molecule has 0 saturated carbocycles. The molecule has 0 radical (unpaired) electrons. The second kappa shape index (κ2) is 6.15. The van der Waals surface area contributed by atoms with Crippen LogP contribution in [0.3, 0.4) is 0 Å². The van der Waals surface area contributed by atoms with Gasteiger partial charge in [0.15, 0.2) is 0 Å². The minimum Gasteiger partial charge on any atom is -0.497 e. The molecule has 0 heterocycles. The van der Waals surface area contributed by atoms with Crippen molar-refractivity contribution in [2.24, 2.45) is 5.84 Å². The molecule has 110 valence electrons. The highest BCUT2D eigenvalue weighted by Gasteiger charge is 2.12. The summed E-state index contributed by atoms with van der Waals surface area (Å²) < 4.78 is 9.75. The first-order valence-corrected chi connectivity index (χ1v) is 6.23. The molecule has 0 bridgehead atoms. The van der Waals surface area contributed by atoms with E-state index in [1.165, 1.54) is 18.2 Å². The van der Waals surface area contributed by atoms with E-state index in [9.17, 15) is 4.79 Å². The van der Waals surface area contributed by atoms with Crippen LogP contribution < -0.4 is 21.3 Å². The normalized spacial score (nSPS) is 10.0. The molecular formula is C15H17N3O3. The molecule has 0 amide bonds. The Hall–Kier alpha value is -2.73. The fourth-order valence-electron chi connectivity index (χ4n) is 1.90. The Bertz CT molecular complexity index is 641. The van der Waals surface area contributed by atoms with Crippen LogP contribution in [0.4, 0.5) is 17.1 Å². The van der Waals surface area contributed by atoms with Crippen LogP contribution in [0.15, 0.2) is 42.5 Å². The van der Waals surface area contributed by atoms with E-state index in [1.54, 1.807) is 31.4 Å². The van der Waals surface area contributed by atoms with Crippen molar-refractivity contribution in [1.29, 1.82) is 0 Å². The molecule has 6 nitrogen and oxygen atoms in total. The van der Waals surface area contributed by atoms with Crippen LogP contribution in [0.1, 0.15) is 10.4 Å². The molecule has 2 aromatic rings. The molecule has 0 unspecified atom stereocenters. The molecule has 0 saturated heterocycles. The molecule has 0 atom stereocenters. The van der Waals surface area contributed by atoms with Gasteiger partial charge in [-0.25, -0.2) is 10.6 Å². The topological polar surface area (TPSA) is 90.8 Å². The van der Waals surface area contributed by atoms with Crippen LogP contribution in [0.2, 0.25) is 0 Å². The number of methoxy groups -OCH3 is 2. The Labute approximate surface area is 122 Å². The second-order valence-corrected chi connectivity index (χ2v) is 4.33. The summed E-state index contributed by atoms with van der Waals surface area (Å²) in [5.74, 6) is 6.36. The summed E-state index contributed by atoms with van der Waals surface area (Å²) in [7, 11) is 2.91. The minimum atomic E-state index is -0.443. The predicted molar refractivity (Wildman–Crippen MR) is 81.5 cm³/mol. The molecule has 0 aliphatic rings. The van der Waals surface area contributed by atoms with Crippen molar-refractivity contribution in [1.82, 2.24) is 0 Å². The minimum absolute atomic E-state index is 0.377. The third-order valence-electron chi connectivity index (χ3n) is 3.06. The van der Waals surface area contributed by atoms with Gasteiger partial charge in [0.05, 0.1) is 36.8 Å². The van der Waals surface area contributed by atoms with Gasteiger partial charge in [0, 0.05) is 0 Å². The zero-order chi connectivity index (χ0) is 15.4. The number of hydrazine groups is 1. The van der Waals surface area contributed by atoms with Gasteiger partial charge in [-0.2, -0.15) is 0 Å². The molecule has 4 N–H and O–H groups in total. The van der Waals surface area contributed by atoms with Gasteiger partial charge in [-0.1, -0.05) is 0 Å². The number of anilines is 3. The number of carbonyl (C=O) groups is 1. The first-order valence-electron chi connectivity index (χ1n) is 6.23. The maximum absolute atomic E-state index is 11.5. The zero-order valence-corrected chi connectivity index (χ0v) is 11.9. The second-order valence-electron chi connectivity index (χ2n) is 4.33. The highest BCUT2D eigenvalue weighted by atomic mass is 16.5. The van der Waals surface area contributed by atoms with Crippen LogP contribution in [0.5, 0.6) is 5.75 Å². The highest BCUT2D eigenvalue weighted by Crippen LogP contribution is 2.29. The Balaban J connectivity index is 2.30. The molecule has 2 aromatic carbocycles. The van der Waals surface area contributed by atoms with E-state index >= 15 is 0 Å². The highest BCUT2D eigenvalue weighted by molar-refractivity contribution is 5.92. The number of nitrogens with zero attached hydrogens (tertiary/aromatic N) is 1.